The van der Waals surface area contributed by atoms with E-state index in [1.165, 1.54) is 24.3 Å². The van der Waals surface area contributed by atoms with Crippen LogP contribution in [0.5, 0.6) is 0 Å². The van der Waals surface area contributed by atoms with E-state index in [1.54, 1.807) is 0 Å². The van der Waals surface area contributed by atoms with Crippen LogP contribution in [0.3, 0.4) is 0 Å². The zero-order valence-corrected chi connectivity index (χ0v) is 11.7. The van der Waals surface area contributed by atoms with Gasteiger partial charge >= 0.3 is 5.51 Å². The van der Waals surface area contributed by atoms with Crippen molar-refractivity contribution < 1.29 is 18.0 Å². The zero-order chi connectivity index (χ0) is 14.8. The van der Waals surface area contributed by atoms with Gasteiger partial charge in [-0.25, -0.2) is 0 Å². The molecule has 2 N–H and O–H groups in total. The minimum Gasteiger partial charge on any atom is -0.324 e. The van der Waals surface area contributed by atoms with Crippen LogP contribution in [-0.4, -0.2) is 23.5 Å². The molecule has 0 bridgehead atoms. The van der Waals surface area contributed by atoms with Gasteiger partial charge in [0.15, 0.2) is 0 Å². The molecule has 0 spiro atoms. The number of halogens is 3. The quantitative estimate of drug-likeness (QED) is 0.841. The van der Waals surface area contributed by atoms with Crippen molar-refractivity contribution in [1.29, 1.82) is 0 Å². The molecule has 2 rings (SSSR count). The number of rotatable bonds is 3. The number of amides is 1. The molecule has 0 aromatic heterocycles. The van der Waals surface area contributed by atoms with Crippen LogP contribution in [-0.2, 0) is 4.79 Å². The van der Waals surface area contributed by atoms with E-state index in [0.29, 0.717) is 5.69 Å². The summed E-state index contributed by atoms with van der Waals surface area (Å²) >= 11 is -0.172. The molecule has 1 saturated heterocycles. The lowest BCUT2D eigenvalue weighted by Gasteiger charge is -2.23. The standard InChI is InChI=1S/C13H15F3N2OS/c1-12(7-2-8-17-12)11(19)18-9-3-5-10(6-4-9)20-13(14,15)16/h3-6,17H,2,7-8H2,1H3,(H,18,19). The van der Waals surface area contributed by atoms with Crippen molar-refractivity contribution in [1.82, 2.24) is 5.32 Å². The molecule has 1 aliphatic rings. The molecule has 20 heavy (non-hydrogen) atoms. The van der Waals surface area contributed by atoms with Crippen molar-refractivity contribution in [2.45, 2.75) is 35.7 Å². The maximum Gasteiger partial charge on any atom is 0.446 e. The third kappa shape index (κ3) is 3.89. The van der Waals surface area contributed by atoms with Crippen LogP contribution >= 0.6 is 11.8 Å². The number of nitrogens with one attached hydrogen (secondary N) is 2. The Balaban J connectivity index is 1.98. The highest BCUT2D eigenvalue weighted by atomic mass is 32.2. The maximum absolute atomic E-state index is 12.2. The lowest BCUT2D eigenvalue weighted by atomic mass is 9.99. The molecule has 0 aliphatic carbocycles. The predicted molar refractivity (Wildman–Crippen MR) is 72.6 cm³/mol. The van der Waals surface area contributed by atoms with Gasteiger partial charge in [0.05, 0.1) is 5.54 Å². The molecule has 1 aliphatic heterocycles. The van der Waals surface area contributed by atoms with Gasteiger partial charge < -0.3 is 10.6 Å². The number of benzene rings is 1. The minimum atomic E-state index is -4.30. The Morgan fingerprint density at radius 1 is 1.35 bits per heavy atom. The normalized spacial score (nSPS) is 22.8. The lowest BCUT2D eigenvalue weighted by Crippen LogP contribution is -2.47. The SMILES string of the molecule is CC1(C(=O)Nc2ccc(SC(F)(F)F)cc2)CCCN1. The number of thioether (sulfide) groups is 1. The van der Waals surface area contributed by atoms with Gasteiger partial charge in [0.1, 0.15) is 0 Å². The molecule has 1 aromatic carbocycles. The molecular formula is C13H15F3N2OS. The van der Waals surface area contributed by atoms with Gasteiger partial charge in [0.25, 0.3) is 0 Å². The van der Waals surface area contributed by atoms with Crippen molar-refractivity contribution >= 4 is 23.4 Å². The Morgan fingerprint density at radius 2 is 2.00 bits per heavy atom. The number of carbonyl (C=O) groups is 1. The second-order valence-corrected chi connectivity index (χ2v) is 6.03. The summed E-state index contributed by atoms with van der Waals surface area (Å²) in [5, 5.41) is 5.85. The molecule has 0 radical (unpaired) electrons. The van der Waals surface area contributed by atoms with E-state index in [9.17, 15) is 18.0 Å². The number of hydrogen-bond donors (Lipinski definition) is 2. The van der Waals surface area contributed by atoms with Crippen LogP contribution in [0, 0.1) is 0 Å². The molecule has 1 heterocycles. The fourth-order valence-corrected chi connectivity index (χ4v) is 2.64. The molecule has 1 amide bonds. The maximum atomic E-state index is 12.2. The summed E-state index contributed by atoms with van der Waals surface area (Å²) < 4.78 is 36.6. The van der Waals surface area contributed by atoms with E-state index < -0.39 is 11.0 Å². The first-order valence-electron chi connectivity index (χ1n) is 6.21. The van der Waals surface area contributed by atoms with Crippen molar-refractivity contribution in [3.8, 4) is 0 Å². The van der Waals surface area contributed by atoms with Crippen LogP contribution in [0.15, 0.2) is 29.2 Å². The van der Waals surface area contributed by atoms with Crippen LogP contribution in [0.1, 0.15) is 19.8 Å². The zero-order valence-electron chi connectivity index (χ0n) is 10.9. The fourth-order valence-electron chi connectivity index (χ4n) is 2.10. The van der Waals surface area contributed by atoms with E-state index >= 15 is 0 Å². The van der Waals surface area contributed by atoms with E-state index in [0.717, 1.165) is 19.4 Å². The van der Waals surface area contributed by atoms with E-state index in [-0.39, 0.29) is 22.6 Å². The Labute approximate surface area is 119 Å². The minimum absolute atomic E-state index is 0.0979. The van der Waals surface area contributed by atoms with Crippen LogP contribution in [0.25, 0.3) is 0 Å². The van der Waals surface area contributed by atoms with E-state index in [4.69, 9.17) is 0 Å². The molecule has 7 heteroatoms. The molecule has 0 saturated carbocycles. The van der Waals surface area contributed by atoms with Gasteiger partial charge in [-0.2, -0.15) is 13.2 Å². The number of hydrogen-bond acceptors (Lipinski definition) is 3. The summed E-state index contributed by atoms with van der Waals surface area (Å²) in [6.07, 6.45) is 1.69. The molecular weight excluding hydrogens is 289 g/mol. The highest BCUT2D eigenvalue weighted by Gasteiger charge is 2.35. The molecule has 1 atom stereocenters. The van der Waals surface area contributed by atoms with Crippen LogP contribution in [0.2, 0.25) is 0 Å². The van der Waals surface area contributed by atoms with Gasteiger partial charge in [-0.3, -0.25) is 4.79 Å². The average molecular weight is 304 g/mol. The average Bonchev–Trinajstić information content (AvgIpc) is 2.78. The van der Waals surface area contributed by atoms with Crippen LogP contribution in [0.4, 0.5) is 18.9 Å². The number of anilines is 1. The Morgan fingerprint density at radius 3 is 2.50 bits per heavy atom. The van der Waals surface area contributed by atoms with Crippen molar-refractivity contribution in [3.63, 3.8) is 0 Å². The van der Waals surface area contributed by atoms with E-state index in [2.05, 4.69) is 10.6 Å². The first kappa shape index (κ1) is 15.2. The summed E-state index contributed by atoms with van der Waals surface area (Å²) in [6, 6.07) is 5.64. The first-order chi connectivity index (χ1) is 9.28. The third-order valence-corrected chi connectivity index (χ3v) is 3.95. The summed E-state index contributed by atoms with van der Waals surface area (Å²) in [7, 11) is 0. The molecule has 110 valence electrons. The van der Waals surface area contributed by atoms with Crippen LogP contribution < -0.4 is 10.6 Å². The first-order valence-corrected chi connectivity index (χ1v) is 7.02. The molecule has 3 nitrogen and oxygen atoms in total. The number of carbonyl (C=O) groups excluding carboxylic acids is 1. The summed E-state index contributed by atoms with van der Waals surface area (Å²) in [5.74, 6) is -0.161. The summed E-state index contributed by atoms with van der Waals surface area (Å²) in [6.45, 7) is 2.62. The van der Waals surface area contributed by atoms with Gasteiger partial charge in [-0.05, 0) is 62.3 Å². The highest BCUT2D eigenvalue weighted by molar-refractivity contribution is 8.00. The van der Waals surface area contributed by atoms with Crippen molar-refractivity contribution in [2.75, 3.05) is 11.9 Å². The predicted octanol–water partition coefficient (Wildman–Crippen LogP) is 3.38. The summed E-state index contributed by atoms with van der Waals surface area (Å²) in [4.78, 5) is 12.2. The smallest absolute Gasteiger partial charge is 0.324 e. The van der Waals surface area contributed by atoms with Gasteiger partial charge in [-0.15, -0.1) is 0 Å². The van der Waals surface area contributed by atoms with E-state index in [1.807, 2.05) is 6.92 Å². The molecule has 1 aromatic rings. The highest BCUT2D eigenvalue weighted by Crippen LogP contribution is 2.37. The van der Waals surface area contributed by atoms with Crippen molar-refractivity contribution in [2.24, 2.45) is 0 Å². The fraction of sp³-hybridized carbons (Fsp3) is 0.462. The third-order valence-electron chi connectivity index (χ3n) is 3.22. The Kier molecular flexibility index (Phi) is 4.29. The number of alkyl halides is 3. The van der Waals surface area contributed by atoms with Gasteiger partial charge in [-0.1, -0.05) is 0 Å². The van der Waals surface area contributed by atoms with Gasteiger partial charge in [0, 0.05) is 10.6 Å². The summed E-state index contributed by atoms with van der Waals surface area (Å²) in [5.41, 5.74) is -4.40. The Bertz CT molecular complexity index is 481. The van der Waals surface area contributed by atoms with Gasteiger partial charge in [0.2, 0.25) is 5.91 Å². The second-order valence-electron chi connectivity index (χ2n) is 4.89. The molecule has 1 unspecified atom stereocenters. The Hall–Kier alpha value is -1.21. The topological polar surface area (TPSA) is 41.1 Å². The molecule has 1 fully saturated rings. The largest absolute Gasteiger partial charge is 0.446 e. The lowest BCUT2D eigenvalue weighted by molar-refractivity contribution is -0.121. The monoisotopic (exact) mass is 304 g/mol. The van der Waals surface area contributed by atoms with Crippen molar-refractivity contribution in [3.05, 3.63) is 24.3 Å². The second kappa shape index (κ2) is 5.65.